The van der Waals surface area contributed by atoms with Crippen LogP contribution < -0.4 is 0 Å². The predicted octanol–water partition coefficient (Wildman–Crippen LogP) is 3.15. The Morgan fingerprint density at radius 3 is 2.09 bits per heavy atom. The lowest BCUT2D eigenvalue weighted by Crippen LogP contribution is -2.32. The van der Waals surface area contributed by atoms with Crippen molar-refractivity contribution in [3.05, 3.63) is 34.9 Å². The van der Waals surface area contributed by atoms with Crippen LogP contribution in [0, 0.1) is 5.92 Å². The fraction of sp³-hybridized carbons (Fsp3) is 0.471. The van der Waals surface area contributed by atoms with Gasteiger partial charge in [0.2, 0.25) is 0 Å². The molecule has 0 saturated carbocycles. The van der Waals surface area contributed by atoms with Gasteiger partial charge in [-0.15, -0.1) is 0 Å². The van der Waals surface area contributed by atoms with Gasteiger partial charge in [-0.05, 0) is 38.5 Å². The van der Waals surface area contributed by atoms with Crippen LogP contribution in [0.5, 0.6) is 0 Å². The minimum absolute atomic E-state index is 0.0848. The number of ketones is 1. The smallest absolute Gasteiger partial charge is 0.317 e. The molecule has 0 aliphatic heterocycles. The zero-order valence-corrected chi connectivity index (χ0v) is 14.3. The van der Waals surface area contributed by atoms with Gasteiger partial charge in [0.05, 0.1) is 19.6 Å². The van der Waals surface area contributed by atoms with E-state index >= 15 is 0 Å². The fourth-order valence-corrected chi connectivity index (χ4v) is 2.51. The molecule has 0 saturated heterocycles. The molecule has 0 aromatic heterocycles. The number of hydrogen-bond acceptors (Lipinski definition) is 5. The second kappa shape index (κ2) is 9.30. The lowest BCUT2D eigenvalue weighted by atomic mass is 9.81. The first-order valence-corrected chi connectivity index (χ1v) is 7.86. The van der Waals surface area contributed by atoms with Crippen LogP contribution in [0.1, 0.15) is 38.7 Å². The highest BCUT2D eigenvalue weighted by molar-refractivity contribution is 6.30. The number of halogens is 1. The Bertz CT molecular complexity index is 553. The SMILES string of the molecule is CCOC(=O)CC(c1ccc(Cl)cc1)C(C(C)=O)C(=O)OCC. The highest BCUT2D eigenvalue weighted by Gasteiger charge is 2.36. The summed E-state index contributed by atoms with van der Waals surface area (Å²) in [5, 5.41) is 0.527. The molecule has 0 amide bonds. The first-order valence-electron chi connectivity index (χ1n) is 7.48. The minimum Gasteiger partial charge on any atom is -0.466 e. The molecule has 0 fully saturated rings. The molecule has 0 radical (unpaired) electrons. The average molecular weight is 341 g/mol. The largest absolute Gasteiger partial charge is 0.466 e. The van der Waals surface area contributed by atoms with E-state index in [0.29, 0.717) is 10.6 Å². The number of carbonyl (C=O) groups is 3. The number of carbonyl (C=O) groups excluding carboxylic acids is 3. The molecule has 1 rings (SSSR count). The Morgan fingerprint density at radius 1 is 1.04 bits per heavy atom. The third-order valence-electron chi connectivity index (χ3n) is 3.37. The molecule has 5 nitrogen and oxygen atoms in total. The molecule has 1 aromatic rings. The quantitative estimate of drug-likeness (QED) is 0.537. The summed E-state index contributed by atoms with van der Waals surface area (Å²) in [6.07, 6.45) is -0.0848. The van der Waals surface area contributed by atoms with Gasteiger partial charge < -0.3 is 9.47 Å². The van der Waals surface area contributed by atoms with Crippen LogP contribution in [-0.4, -0.2) is 30.9 Å². The number of Topliss-reactive ketones (excluding diaryl/α,β-unsaturated/α-hetero) is 1. The van der Waals surface area contributed by atoms with Gasteiger partial charge in [0, 0.05) is 10.9 Å². The first kappa shape index (κ1) is 19.2. The Hall–Kier alpha value is -1.88. The molecule has 6 heteroatoms. The number of benzene rings is 1. The number of rotatable bonds is 8. The molecule has 0 aliphatic rings. The molecule has 126 valence electrons. The second-order valence-electron chi connectivity index (χ2n) is 5.01. The van der Waals surface area contributed by atoms with Crippen LogP contribution in [0.15, 0.2) is 24.3 Å². The summed E-state index contributed by atoms with van der Waals surface area (Å²) < 4.78 is 9.95. The maximum Gasteiger partial charge on any atom is 0.317 e. The third kappa shape index (κ3) is 5.67. The highest BCUT2D eigenvalue weighted by atomic mass is 35.5. The van der Waals surface area contributed by atoms with Crippen LogP contribution in [0.2, 0.25) is 5.02 Å². The number of ether oxygens (including phenoxy) is 2. The van der Waals surface area contributed by atoms with Crippen molar-refractivity contribution in [2.75, 3.05) is 13.2 Å². The fourth-order valence-electron chi connectivity index (χ4n) is 2.38. The highest BCUT2D eigenvalue weighted by Crippen LogP contribution is 2.31. The molecular formula is C17H21ClO5. The average Bonchev–Trinajstić information content (AvgIpc) is 2.47. The number of hydrogen-bond donors (Lipinski definition) is 0. The van der Waals surface area contributed by atoms with Crippen molar-refractivity contribution in [1.82, 2.24) is 0 Å². The summed E-state index contributed by atoms with van der Waals surface area (Å²) >= 11 is 5.88. The van der Waals surface area contributed by atoms with E-state index in [1.807, 2.05) is 0 Å². The van der Waals surface area contributed by atoms with Gasteiger partial charge >= 0.3 is 11.9 Å². The van der Waals surface area contributed by atoms with Crippen LogP contribution in [0.3, 0.4) is 0 Å². The second-order valence-corrected chi connectivity index (χ2v) is 5.44. The van der Waals surface area contributed by atoms with Crippen molar-refractivity contribution in [3.63, 3.8) is 0 Å². The van der Waals surface area contributed by atoms with E-state index in [0.717, 1.165) is 0 Å². The molecule has 0 spiro atoms. The van der Waals surface area contributed by atoms with Gasteiger partial charge in [-0.3, -0.25) is 14.4 Å². The maximum atomic E-state index is 12.2. The Morgan fingerprint density at radius 2 is 1.61 bits per heavy atom. The summed E-state index contributed by atoms with van der Waals surface area (Å²) in [6.45, 7) is 5.07. The Labute approximate surface area is 140 Å². The molecule has 2 atom stereocenters. The van der Waals surface area contributed by atoms with Gasteiger partial charge in [0.25, 0.3) is 0 Å². The minimum atomic E-state index is -1.06. The predicted molar refractivity (Wildman–Crippen MR) is 86.2 cm³/mol. The summed E-state index contributed by atoms with van der Waals surface area (Å²) in [5.74, 6) is -3.16. The van der Waals surface area contributed by atoms with Gasteiger partial charge in [-0.1, -0.05) is 23.7 Å². The maximum absolute atomic E-state index is 12.2. The molecule has 0 bridgehead atoms. The summed E-state index contributed by atoms with van der Waals surface area (Å²) in [7, 11) is 0. The monoisotopic (exact) mass is 340 g/mol. The number of esters is 2. The van der Waals surface area contributed by atoms with E-state index in [4.69, 9.17) is 21.1 Å². The first-order chi connectivity index (χ1) is 10.9. The third-order valence-corrected chi connectivity index (χ3v) is 3.62. The van der Waals surface area contributed by atoms with E-state index < -0.39 is 23.8 Å². The molecule has 0 heterocycles. The molecule has 23 heavy (non-hydrogen) atoms. The van der Waals surface area contributed by atoms with Gasteiger partial charge in [-0.2, -0.15) is 0 Å². The molecular weight excluding hydrogens is 320 g/mol. The summed E-state index contributed by atoms with van der Waals surface area (Å²) in [5.41, 5.74) is 0.663. The molecule has 2 unspecified atom stereocenters. The van der Waals surface area contributed by atoms with E-state index in [9.17, 15) is 14.4 Å². The van der Waals surface area contributed by atoms with Crippen LogP contribution in [0.4, 0.5) is 0 Å². The molecule has 1 aromatic carbocycles. The van der Waals surface area contributed by atoms with Crippen molar-refractivity contribution < 1.29 is 23.9 Å². The van der Waals surface area contributed by atoms with Crippen LogP contribution >= 0.6 is 11.6 Å². The zero-order valence-electron chi connectivity index (χ0n) is 13.5. The van der Waals surface area contributed by atoms with E-state index in [-0.39, 0.29) is 25.4 Å². The Balaban J connectivity index is 3.18. The van der Waals surface area contributed by atoms with Crippen LogP contribution in [0.25, 0.3) is 0 Å². The summed E-state index contributed by atoms with van der Waals surface area (Å²) in [6, 6.07) is 6.69. The van der Waals surface area contributed by atoms with Crippen molar-refractivity contribution in [2.45, 2.75) is 33.1 Å². The van der Waals surface area contributed by atoms with Crippen molar-refractivity contribution in [1.29, 1.82) is 0 Å². The van der Waals surface area contributed by atoms with Crippen molar-refractivity contribution in [3.8, 4) is 0 Å². The molecule has 0 N–H and O–H groups in total. The van der Waals surface area contributed by atoms with Crippen molar-refractivity contribution in [2.24, 2.45) is 5.92 Å². The van der Waals surface area contributed by atoms with E-state index in [2.05, 4.69) is 0 Å². The normalized spacial score (nSPS) is 13.0. The zero-order chi connectivity index (χ0) is 17.4. The lowest BCUT2D eigenvalue weighted by Gasteiger charge is -2.23. The topological polar surface area (TPSA) is 69.7 Å². The van der Waals surface area contributed by atoms with Gasteiger partial charge in [-0.25, -0.2) is 0 Å². The van der Waals surface area contributed by atoms with Crippen molar-refractivity contribution >= 4 is 29.3 Å². The molecule has 0 aliphatic carbocycles. The van der Waals surface area contributed by atoms with Gasteiger partial charge in [0.1, 0.15) is 11.7 Å². The van der Waals surface area contributed by atoms with E-state index in [1.54, 1.807) is 38.1 Å². The van der Waals surface area contributed by atoms with Gasteiger partial charge in [0.15, 0.2) is 0 Å². The lowest BCUT2D eigenvalue weighted by molar-refractivity contribution is -0.153. The summed E-state index contributed by atoms with van der Waals surface area (Å²) in [4.78, 5) is 36.1. The van der Waals surface area contributed by atoms with E-state index in [1.165, 1.54) is 6.92 Å². The van der Waals surface area contributed by atoms with Crippen LogP contribution in [-0.2, 0) is 23.9 Å². The standard InChI is InChI=1S/C17H21ClO5/c1-4-22-15(20)10-14(12-6-8-13(18)9-7-12)16(11(3)19)17(21)23-5-2/h6-9,14,16H,4-5,10H2,1-3H3. The Kier molecular flexibility index (Phi) is 7.75.